The second-order valence-corrected chi connectivity index (χ2v) is 5.21. The summed E-state index contributed by atoms with van der Waals surface area (Å²) in [5.41, 5.74) is 3.20. The van der Waals surface area contributed by atoms with Gasteiger partial charge in [0.15, 0.2) is 0 Å². The van der Waals surface area contributed by atoms with Gasteiger partial charge in [0.2, 0.25) is 0 Å². The van der Waals surface area contributed by atoms with Gasteiger partial charge in [0.1, 0.15) is 6.10 Å². The Kier molecular flexibility index (Phi) is 3.18. The number of benzene rings is 1. The van der Waals surface area contributed by atoms with Gasteiger partial charge in [-0.3, -0.25) is 0 Å². The minimum Gasteiger partial charge on any atom is -0.459 e. The van der Waals surface area contributed by atoms with Crippen LogP contribution in [0.15, 0.2) is 29.8 Å². The second-order valence-electron chi connectivity index (χ2n) is 5.21. The summed E-state index contributed by atoms with van der Waals surface area (Å²) in [7, 11) is 0. The van der Waals surface area contributed by atoms with E-state index in [-0.39, 0.29) is 12.1 Å². The van der Waals surface area contributed by atoms with Gasteiger partial charge in [0, 0.05) is 12.0 Å². The molecular formula is C16H18O2. The molecule has 1 aromatic rings. The minimum atomic E-state index is -0.113. The Labute approximate surface area is 108 Å². The van der Waals surface area contributed by atoms with E-state index in [0.717, 1.165) is 30.4 Å². The van der Waals surface area contributed by atoms with Crippen LogP contribution in [0.3, 0.4) is 0 Å². The van der Waals surface area contributed by atoms with Crippen molar-refractivity contribution in [3.63, 3.8) is 0 Å². The van der Waals surface area contributed by atoms with E-state index in [2.05, 4.69) is 12.1 Å². The maximum Gasteiger partial charge on any atom is 0.334 e. The van der Waals surface area contributed by atoms with Gasteiger partial charge in [-0.1, -0.05) is 30.7 Å². The Balaban J connectivity index is 1.65. The van der Waals surface area contributed by atoms with Crippen LogP contribution in [0.1, 0.15) is 43.2 Å². The van der Waals surface area contributed by atoms with Crippen LogP contribution < -0.4 is 0 Å². The van der Waals surface area contributed by atoms with Crippen LogP contribution >= 0.6 is 0 Å². The van der Waals surface area contributed by atoms with E-state index in [1.54, 1.807) is 0 Å². The van der Waals surface area contributed by atoms with Gasteiger partial charge in [-0.05, 0) is 42.9 Å². The number of ether oxygens (including phenoxy) is 1. The topological polar surface area (TPSA) is 26.3 Å². The van der Waals surface area contributed by atoms with Crippen LogP contribution in [0, 0.1) is 0 Å². The first-order valence-electron chi connectivity index (χ1n) is 6.82. The smallest absolute Gasteiger partial charge is 0.334 e. The number of hydrogen-bond acceptors (Lipinski definition) is 2. The summed E-state index contributed by atoms with van der Waals surface area (Å²) in [5, 5.41) is 0. The maximum absolute atomic E-state index is 12.1. The molecule has 18 heavy (non-hydrogen) atoms. The zero-order valence-electron chi connectivity index (χ0n) is 10.5. The van der Waals surface area contributed by atoms with Crippen molar-refractivity contribution < 1.29 is 9.53 Å². The quantitative estimate of drug-likeness (QED) is 0.742. The SMILES string of the molecule is O=C(OC1CCCCC1)C1=Cc2ccccc2C1. The molecule has 0 bridgehead atoms. The average Bonchev–Trinajstić information content (AvgIpc) is 2.84. The fraction of sp³-hybridized carbons (Fsp3) is 0.438. The van der Waals surface area contributed by atoms with Gasteiger partial charge in [0.05, 0.1) is 0 Å². The molecule has 0 aliphatic heterocycles. The monoisotopic (exact) mass is 242 g/mol. The third-order valence-electron chi connectivity index (χ3n) is 3.85. The molecule has 94 valence electrons. The first-order valence-corrected chi connectivity index (χ1v) is 6.82. The largest absolute Gasteiger partial charge is 0.459 e. The lowest BCUT2D eigenvalue weighted by Gasteiger charge is -2.21. The van der Waals surface area contributed by atoms with Gasteiger partial charge in [-0.25, -0.2) is 4.79 Å². The Morgan fingerprint density at radius 1 is 1.11 bits per heavy atom. The Bertz CT molecular complexity index is 482. The molecule has 1 saturated carbocycles. The third kappa shape index (κ3) is 2.33. The molecule has 1 aromatic carbocycles. The first kappa shape index (κ1) is 11.5. The minimum absolute atomic E-state index is 0.113. The molecule has 0 atom stereocenters. The van der Waals surface area contributed by atoms with Crippen molar-refractivity contribution in [2.75, 3.05) is 0 Å². The van der Waals surface area contributed by atoms with Crippen LogP contribution in [-0.2, 0) is 16.0 Å². The lowest BCUT2D eigenvalue weighted by Crippen LogP contribution is -2.21. The lowest BCUT2D eigenvalue weighted by molar-refractivity contribution is -0.145. The van der Waals surface area contributed by atoms with Crippen LogP contribution in [0.5, 0.6) is 0 Å². The number of carbonyl (C=O) groups excluding carboxylic acids is 1. The van der Waals surface area contributed by atoms with Crippen molar-refractivity contribution in [3.8, 4) is 0 Å². The molecule has 0 radical (unpaired) electrons. The van der Waals surface area contributed by atoms with Crippen molar-refractivity contribution >= 4 is 12.0 Å². The van der Waals surface area contributed by atoms with E-state index < -0.39 is 0 Å². The van der Waals surface area contributed by atoms with Gasteiger partial charge in [0.25, 0.3) is 0 Å². The van der Waals surface area contributed by atoms with Crippen LogP contribution in [0.4, 0.5) is 0 Å². The zero-order valence-corrected chi connectivity index (χ0v) is 10.5. The van der Waals surface area contributed by atoms with E-state index in [4.69, 9.17) is 4.74 Å². The molecule has 2 aliphatic rings. The van der Waals surface area contributed by atoms with Crippen molar-refractivity contribution in [2.24, 2.45) is 0 Å². The standard InChI is InChI=1S/C16H18O2/c17-16(18-15-8-2-1-3-9-15)14-10-12-6-4-5-7-13(12)11-14/h4-7,10,15H,1-3,8-9,11H2. The van der Waals surface area contributed by atoms with E-state index >= 15 is 0 Å². The lowest BCUT2D eigenvalue weighted by atomic mass is 9.98. The summed E-state index contributed by atoms with van der Waals surface area (Å²) >= 11 is 0. The summed E-state index contributed by atoms with van der Waals surface area (Å²) in [6.07, 6.45) is 8.58. The summed E-state index contributed by atoms with van der Waals surface area (Å²) in [6.45, 7) is 0. The number of carbonyl (C=O) groups is 1. The molecular weight excluding hydrogens is 224 g/mol. The molecule has 0 saturated heterocycles. The predicted octanol–water partition coefficient (Wildman–Crippen LogP) is 3.50. The molecule has 2 heteroatoms. The maximum atomic E-state index is 12.1. The highest BCUT2D eigenvalue weighted by Gasteiger charge is 2.23. The fourth-order valence-corrected chi connectivity index (χ4v) is 2.82. The molecule has 0 N–H and O–H groups in total. The first-order chi connectivity index (χ1) is 8.83. The summed E-state index contributed by atoms with van der Waals surface area (Å²) < 4.78 is 5.60. The van der Waals surface area contributed by atoms with E-state index in [1.165, 1.54) is 24.8 Å². The van der Waals surface area contributed by atoms with E-state index in [9.17, 15) is 4.79 Å². The second kappa shape index (κ2) is 4.97. The van der Waals surface area contributed by atoms with Gasteiger partial charge in [-0.2, -0.15) is 0 Å². The van der Waals surface area contributed by atoms with E-state index in [0.29, 0.717) is 0 Å². The molecule has 2 aliphatic carbocycles. The number of fused-ring (bicyclic) bond motifs is 1. The molecule has 3 rings (SSSR count). The highest BCUT2D eigenvalue weighted by atomic mass is 16.5. The van der Waals surface area contributed by atoms with Crippen LogP contribution in [-0.4, -0.2) is 12.1 Å². The van der Waals surface area contributed by atoms with Crippen molar-refractivity contribution in [1.29, 1.82) is 0 Å². The summed E-state index contributed by atoms with van der Waals surface area (Å²) in [6, 6.07) is 8.15. The molecule has 1 fully saturated rings. The third-order valence-corrected chi connectivity index (χ3v) is 3.85. The number of esters is 1. The molecule has 0 amide bonds. The van der Waals surface area contributed by atoms with Crippen molar-refractivity contribution in [2.45, 2.75) is 44.6 Å². The van der Waals surface area contributed by atoms with E-state index in [1.807, 2.05) is 18.2 Å². The average molecular weight is 242 g/mol. The Hall–Kier alpha value is -1.57. The summed E-state index contributed by atoms with van der Waals surface area (Å²) in [5.74, 6) is -0.113. The number of hydrogen-bond donors (Lipinski definition) is 0. The van der Waals surface area contributed by atoms with Crippen molar-refractivity contribution in [1.82, 2.24) is 0 Å². The molecule has 0 heterocycles. The normalized spacial score (nSPS) is 19.2. The number of rotatable bonds is 2. The highest BCUT2D eigenvalue weighted by molar-refractivity contribution is 5.96. The van der Waals surface area contributed by atoms with Gasteiger partial charge >= 0.3 is 5.97 Å². The van der Waals surface area contributed by atoms with Crippen LogP contribution in [0.25, 0.3) is 6.08 Å². The molecule has 0 spiro atoms. The molecule has 0 aromatic heterocycles. The zero-order chi connectivity index (χ0) is 12.4. The Morgan fingerprint density at radius 3 is 2.67 bits per heavy atom. The van der Waals surface area contributed by atoms with Crippen LogP contribution in [0.2, 0.25) is 0 Å². The molecule has 2 nitrogen and oxygen atoms in total. The van der Waals surface area contributed by atoms with Gasteiger partial charge < -0.3 is 4.74 Å². The predicted molar refractivity (Wildman–Crippen MR) is 71.1 cm³/mol. The van der Waals surface area contributed by atoms with Crippen molar-refractivity contribution in [3.05, 3.63) is 41.0 Å². The summed E-state index contributed by atoms with van der Waals surface area (Å²) in [4.78, 5) is 12.1. The molecule has 0 unspecified atom stereocenters. The fourth-order valence-electron chi connectivity index (χ4n) is 2.82. The highest BCUT2D eigenvalue weighted by Crippen LogP contribution is 2.27. The Morgan fingerprint density at radius 2 is 1.89 bits per heavy atom. The van der Waals surface area contributed by atoms with Gasteiger partial charge in [-0.15, -0.1) is 0 Å².